The van der Waals surface area contributed by atoms with Gasteiger partial charge in [-0.15, -0.1) is 0 Å². The molecule has 0 radical (unpaired) electrons. The van der Waals surface area contributed by atoms with Gasteiger partial charge in [0.25, 0.3) is 0 Å². The summed E-state index contributed by atoms with van der Waals surface area (Å²) in [4.78, 5) is 0. The molecule has 130 valence electrons. The average Bonchev–Trinajstić information content (AvgIpc) is 2.86. The lowest BCUT2D eigenvalue weighted by atomic mass is 10.0. The van der Waals surface area contributed by atoms with Crippen LogP contribution in [-0.2, 0) is 30.4 Å². The number of hydrogen-bond donors (Lipinski definition) is 1. The molecule has 1 aromatic rings. The Bertz CT molecular complexity index is 633. The van der Waals surface area contributed by atoms with Gasteiger partial charge in [-0.3, -0.25) is 4.18 Å². The summed E-state index contributed by atoms with van der Waals surface area (Å²) >= 11 is 6.20. The summed E-state index contributed by atoms with van der Waals surface area (Å²) in [5.41, 5.74) is 0.909. The fraction of sp³-hybridized carbons (Fsp3) is 0.600. The maximum Gasteiger partial charge on any atom is 0.333 e. The normalized spacial score (nSPS) is 24.0. The minimum absolute atomic E-state index is 0.185. The van der Waals surface area contributed by atoms with E-state index in [1.165, 1.54) is 0 Å². The summed E-state index contributed by atoms with van der Waals surface area (Å²) in [5, 5.41) is 5.53. The van der Waals surface area contributed by atoms with E-state index in [4.69, 9.17) is 30.4 Å². The van der Waals surface area contributed by atoms with Crippen molar-refractivity contribution in [3.63, 3.8) is 0 Å². The van der Waals surface area contributed by atoms with Crippen LogP contribution in [0.4, 0.5) is 0 Å². The third-order valence-corrected chi connectivity index (χ3v) is 4.83. The highest BCUT2D eigenvalue weighted by molar-refractivity contribution is 7.84. The number of hydrogen-bond acceptors (Lipinski definition) is 5. The fourth-order valence-corrected chi connectivity index (χ4v) is 3.21. The highest BCUT2D eigenvalue weighted by Gasteiger charge is 2.45. The van der Waals surface area contributed by atoms with Crippen molar-refractivity contribution in [2.75, 3.05) is 6.61 Å². The van der Waals surface area contributed by atoms with Gasteiger partial charge in [-0.05, 0) is 24.5 Å². The lowest BCUT2D eigenvalue weighted by Gasteiger charge is -2.25. The van der Waals surface area contributed by atoms with E-state index in [1.54, 1.807) is 6.07 Å². The van der Waals surface area contributed by atoms with Crippen LogP contribution in [0, 0.1) is 0 Å². The fourth-order valence-electron chi connectivity index (χ4n) is 2.67. The molecule has 1 aliphatic heterocycles. The summed E-state index contributed by atoms with van der Waals surface area (Å²) < 4.78 is 38.8. The molecule has 0 bridgehead atoms. The van der Waals surface area contributed by atoms with Gasteiger partial charge in [0.15, 0.2) is 5.79 Å². The third kappa shape index (κ3) is 4.89. The Hall–Kier alpha value is -0.700. The molecule has 8 heteroatoms. The van der Waals surface area contributed by atoms with Crippen LogP contribution in [0.5, 0.6) is 0 Å². The summed E-state index contributed by atoms with van der Waals surface area (Å²) in [6.07, 6.45) is 0.893. The van der Waals surface area contributed by atoms with Crippen LogP contribution in [-0.4, -0.2) is 33.0 Å². The van der Waals surface area contributed by atoms with Gasteiger partial charge in [0.1, 0.15) is 6.10 Å². The second-order valence-corrected chi connectivity index (χ2v) is 7.13. The molecule has 0 saturated carbocycles. The van der Waals surface area contributed by atoms with Crippen LogP contribution in [0.3, 0.4) is 0 Å². The molecule has 0 aliphatic carbocycles. The highest BCUT2D eigenvalue weighted by Crippen LogP contribution is 2.36. The van der Waals surface area contributed by atoms with Gasteiger partial charge >= 0.3 is 10.3 Å². The zero-order valence-corrected chi connectivity index (χ0v) is 14.8. The molecule has 6 nitrogen and oxygen atoms in total. The zero-order valence-electron chi connectivity index (χ0n) is 13.2. The first-order valence-electron chi connectivity index (χ1n) is 7.55. The van der Waals surface area contributed by atoms with Crippen LogP contribution in [0.15, 0.2) is 24.3 Å². The predicted molar refractivity (Wildman–Crippen MR) is 87.3 cm³/mol. The first-order chi connectivity index (χ1) is 10.8. The Balaban J connectivity index is 2.17. The molecule has 0 aromatic heterocycles. The van der Waals surface area contributed by atoms with E-state index in [2.05, 4.69) is 0 Å². The molecule has 1 saturated heterocycles. The molecule has 23 heavy (non-hydrogen) atoms. The van der Waals surface area contributed by atoms with E-state index in [0.717, 1.165) is 5.56 Å². The van der Waals surface area contributed by atoms with E-state index in [9.17, 15) is 8.42 Å². The van der Waals surface area contributed by atoms with Gasteiger partial charge in [-0.25, -0.2) is 5.14 Å². The second kappa shape index (κ2) is 7.46. The van der Waals surface area contributed by atoms with Crippen molar-refractivity contribution < 1.29 is 22.1 Å². The van der Waals surface area contributed by atoms with Gasteiger partial charge < -0.3 is 9.47 Å². The molecule has 2 N–H and O–H groups in total. The minimum Gasteiger partial charge on any atom is -0.344 e. The maximum atomic E-state index is 11.0. The number of halogens is 1. The number of rotatable bonds is 7. The van der Waals surface area contributed by atoms with E-state index >= 15 is 0 Å². The molecule has 2 rings (SSSR count). The van der Waals surface area contributed by atoms with Gasteiger partial charge in [-0.2, -0.15) is 8.42 Å². The van der Waals surface area contributed by atoms with Crippen LogP contribution in [0.1, 0.15) is 32.3 Å². The Morgan fingerprint density at radius 3 is 2.39 bits per heavy atom. The second-order valence-electron chi connectivity index (χ2n) is 5.50. The highest BCUT2D eigenvalue weighted by atomic mass is 35.5. The van der Waals surface area contributed by atoms with Crippen molar-refractivity contribution in [2.45, 2.75) is 51.1 Å². The van der Waals surface area contributed by atoms with Crippen LogP contribution in [0.25, 0.3) is 0 Å². The topological polar surface area (TPSA) is 87.9 Å². The standard InChI is InChI=1S/C15H22ClNO5S/c1-3-15(4-2)21-13(9-11-7-5-6-8-12(11)16)14(22-15)10-20-23(17,18)19/h5-8,13-14H,3-4,9-10H2,1-2H3,(H2,17,18,19)/t13-,14-/m1/s1. The van der Waals surface area contributed by atoms with E-state index < -0.39 is 22.2 Å². The maximum absolute atomic E-state index is 11.0. The Labute approximate surface area is 142 Å². The minimum atomic E-state index is -4.03. The summed E-state index contributed by atoms with van der Waals surface area (Å²) in [6, 6.07) is 7.44. The lowest BCUT2D eigenvalue weighted by molar-refractivity contribution is -0.180. The van der Waals surface area contributed by atoms with Crippen LogP contribution in [0.2, 0.25) is 5.02 Å². The van der Waals surface area contributed by atoms with E-state index in [1.807, 2.05) is 32.0 Å². The molecule has 1 fully saturated rings. The molecule has 1 heterocycles. The van der Waals surface area contributed by atoms with Crippen molar-refractivity contribution in [1.82, 2.24) is 0 Å². The first kappa shape index (κ1) is 18.6. The van der Waals surface area contributed by atoms with Gasteiger partial charge in [0.05, 0.1) is 12.7 Å². The van der Waals surface area contributed by atoms with Crippen molar-refractivity contribution in [3.05, 3.63) is 34.9 Å². The molecule has 1 aliphatic rings. The first-order valence-corrected chi connectivity index (χ1v) is 9.39. The molecule has 2 atom stereocenters. The van der Waals surface area contributed by atoms with Gasteiger partial charge in [0.2, 0.25) is 0 Å². The molecule has 0 amide bonds. The molecular formula is C15H22ClNO5S. The molecule has 0 unspecified atom stereocenters. The van der Waals surface area contributed by atoms with Crippen molar-refractivity contribution in [2.24, 2.45) is 5.14 Å². The molecule has 0 spiro atoms. The monoisotopic (exact) mass is 363 g/mol. The Kier molecular flexibility index (Phi) is 6.05. The largest absolute Gasteiger partial charge is 0.344 e. The van der Waals surface area contributed by atoms with E-state index in [0.29, 0.717) is 24.3 Å². The lowest BCUT2D eigenvalue weighted by Crippen LogP contribution is -2.32. The Morgan fingerprint density at radius 1 is 1.22 bits per heavy atom. The summed E-state index contributed by atoms with van der Waals surface area (Å²) in [6.45, 7) is 3.73. The number of ether oxygens (including phenoxy) is 2. The Morgan fingerprint density at radius 2 is 1.83 bits per heavy atom. The van der Waals surface area contributed by atoms with Crippen LogP contribution >= 0.6 is 11.6 Å². The predicted octanol–water partition coefficient (Wildman–Crippen LogP) is 2.40. The van der Waals surface area contributed by atoms with Crippen molar-refractivity contribution >= 4 is 21.9 Å². The smallest absolute Gasteiger partial charge is 0.333 e. The quantitative estimate of drug-likeness (QED) is 0.803. The van der Waals surface area contributed by atoms with Gasteiger partial charge in [-0.1, -0.05) is 43.6 Å². The number of nitrogens with two attached hydrogens (primary N) is 1. The van der Waals surface area contributed by atoms with Crippen molar-refractivity contribution in [1.29, 1.82) is 0 Å². The third-order valence-electron chi connectivity index (χ3n) is 4.00. The van der Waals surface area contributed by atoms with E-state index in [-0.39, 0.29) is 12.7 Å². The zero-order chi connectivity index (χ0) is 17.1. The molecule has 1 aromatic carbocycles. The number of benzene rings is 1. The van der Waals surface area contributed by atoms with Crippen molar-refractivity contribution in [3.8, 4) is 0 Å². The summed E-state index contributed by atoms with van der Waals surface area (Å²) in [5.74, 6) is -0.738. The van der Waals surface area contributed by atoms with Gasteiger partial charge in [0, 0.05) is 11.4 Å². The molecular weight excluding hydrogens is 342 g/mol. The SMILES string of the molecule is CCC1(CC)O[C@H](COS(N)(=O)=O)[C@@H](Cc2ccccc2Cl)O1. The van der Waals surface area contributed by atoms with Crippen LogP contribution < -0.4 is 5.14 Å². The average molecular weight is 364 g/mol. The summed E-state index contributed by atoms with van der Waals surface area (Å²) in [7, 11) is -4.03.